The van der Waals surface area contributed by atoms with Gasteiger partial charge in [-0.2, -0.15) is 0 Å². The number of pyridine rings is 2. The minimum Gasteiger partial charge on any atom is -0.444 e. The number of aromatic nitrogens is 2. The highest BCUT2D eigenvalue weighted by molar-refractivity contribution is 5.70. The second-order valence-corrected chi connectivity index (χ2v) is 8.34. The molecular weight excluding hydrogens is 416 g/mol. The molecule has 0 unspecified atom stereocenters. The molecular formula is C21H28N6O5. The van der Waals surface area contributed by atoms with Crippen molar-refractivity contribution in [3.05, 3.63) is 46.3 Å². The fourth-order valence-corrected chi connectivity index (χ4v) is 3.22. The maximum atomic E-state index is 12.3. The number of carbonyl (C=O) groups is 1. The van der Waals surface area contributed by atoms with E-state index in [9.17, 15) is 14.9 Å². The SMILES string of the molecule is COCc1cc(Nc2nc(N3CCN(C(=O)OC(C)(C)C)CC3)ccc2[N+](=O)[O-])ccn1. The number of carbonyl (C=O) groups excluding carboxylic acids is 1. The Hall–Kier alpha value is -3.47. The smallest absolute Gasteiger partial charge is 0.410 e. The summed E-state index contributed by atoms with van der Waals surface area (Å²) < 4.78 is 10.5. The highest BCUT2D eigenvalue weighted by Crippen LogP contribution is 2.29. The highest BCUT2D eigenvalue weighted by atomic mass is 16.6. The Morgan fingerprint density at radius 3 is 2.56 bits per heavy atom. The Kier molecular flexibility index (Phi) is 7.08. The van der Waals surface area contributed by atoms with Crippen LogP contribution < -0.4 is 10.2 Å². The highest BCUT2D eigenvalue weighted by Gasteiger charge is 2.27. The number of hydrogen-bond acceptors (Lipinski definition) is 9. The van der Waals surface area contributed by atoms with E-state index >= 15 is 0 Å². The summed E-state index contributed by atoms with van der Waals surface area (Å²) in [6, 6.07) is 6.51. The second-order valence-electron chi connectivity index (χ2n) is 8.34. The number of nitrogens with one attached hydrogen (secondary N) is 1. The lowest BCUT2D eigenvalue weighted by atomic mass is 10.2. The van der Waals surface area contributed by atoms with Gasteiger partial charge in [-0.1, -0.05) is 0 Å². The van der Waals surface area contributed by atoms with Gasteiger partial charge in [0, 0.05) is 51.2 Å². The average molecular weight is 444 g/mol. The number of methoxy groups -OCH3 is 1. The van der Waals surface area contributed by atoms with Crippen LogP contribution in [0.25, 0.3) is 0 Å². The number of hydrogen-bond donors (Lipinski definition) is 1. The summed E-state index contributed by atoms with van der Waals surface area (Å²) in [6.45, 7) is 7.84. The predicted molar refractivity (Wildman–Crippen MR) is 119 cm³/mol. The molecule has 1 N–H and O–H groups in total. The molecule has 0 aliphatic carbocycles. The lowest BCUT2D eigenvalue weighted by Crippen LogP contribution is -2.50. The van der Waals surface area contributed by atoms with E-state index in [1.54, 1.807) is 36.4 Å². The number of anilines is 3. The van der Waals surface area contributed by atoms with E-state index < -0.39 is 10.5 Å². The van der Waals surface area contributed by atoms with E-state index in [0.29, 0.717) is 50.0 Å². The summed E-state index contributed by atoms with van der Waals surface area (Å²) in [5.74, 6) is 0.727. The first kappa shape index (κ1) is 23.2. The number of ether oxygens (including phenoxy) is 2. The minimum absolute atomic E-state index is 0.133. The Morgan fingerprint density at radius 1 is 1.22 bits per heavy atom. The van der Waals surface area contributed by atoms with E-state index in [4.69, 9.17) is 9.47 Å². The van der Waals surface area contributed by atoms with Gasteiger partial charge >= 0.3 is 11.8 Å². The Morgan fingerprint density at radius 2 is 1.94 bits per heavy atom. The summed E-state index contributed by atoms with van der Waals surface area (Å²) in [5.41, 5.74) is 0.625. The predicted octanol–water partition coefficient (Wildman–Crippen LogP) is 3.33. The summed E-state index contributed by atoms with van der Waals surface area (Å²) >= 11 is 0. The number of piperazine rings is 1. The molecule has 2 aromatic rings. The molecule has 0 saturated carbocycles. The molecule has 1 saturated heterocycles. The molecule has 11 nitrogen and oxygen atoms in total. The molecule has 1 aliphatic heterocycles. The lowest BCUT2D eigenvalue weighted by Gasteiger charge is -2.36. The minimum atomic E-state index is -0.551. The molecule has 0 radical (unpaired) electrons. The molecule has 0 spiro atoms. The third kappa shape index (κ3) is 6.03. The van der Waals surface area contributed by atoms with Gasteiger partial charge in [0.15, 0.2) is 0 Å². The topological polar surface area (TPSA) is 123 Å². The fraction of sp³-hybridized carbons (Fsp3) is 0.476. The quantitative estimate of drug-likeness (QED) is 0.528. The van der Waals surface area contributed by atoms with Gasteiger partial charge in [-0.3, -0.25) is 15.1 Å². The first-order valence-corrected chi connectivity index (χ1v) is 10.3. The molecule has 11 heteroatoms. The summed E-state index contributed by atoms with van der Waals surface area (Å²) in [5, 5.41) is 14.5. The van der Waals surface area contributed by atoms with Crippen molar-refractivity contribution in [2.45, 2.75) is 33.0 Å². The van der Waals surface area contributed by atoms with Crippen LogP contribution in [0, 0.1) is 10.1 Å². The van der Waals surface area contributed by atoms with E-state index in [-0.39, 0.29) is 17.6 Å². The Labute approximate surface area is 186 Å². The maximum absolute atomic E-state index is 12.3. The van der Waals surface area contributed by atoms with Crippen molar-refractivity contribution in [1.29, 1.82) is 0 Å². The molecule has 2 aromatic heterocycles. The maximum Gasteiger partial charge on any atom is 0.410 e. The largest absolute Gasteiger partial charge is 0.444 e. The Bertz CT molecular complexity index is 969. The fourth-order valence-electron chi connectivity index (χ4n) is 3.22. The Balaban J connectivity index is 1.74. The second kappa shape index (κ2) is 9.77. The van der Waals surface area contributed by atoms with Crippen LogP contribution in [0.3, 0.4) is 0 Å². The first-order valence-electron chi connectivity index (χ1n) is 10.3. The van der Waals surface area contributed by atoms with Crippen LogP contribution in [0.4, 0.5) is 27.8 Å². The van der Waals surface area contributed by atoms with Crippen LogP contribution in [0.15, 0.2) is 30.5 Å². The standard InChI is InChI=1S/C21H28N6O5/c1-21(2,3)32-20(28)26-11-9-25(10-12-26)18-6-5-17(27(29)30)19(24-18)23-15-7-8-22-16(13-15)14-31-4/h5-8,13H,9-12,14H2,1-4H3,(H,22,23,24). The summed E-state index contributed by atoms with van der Waals surface area (Å²) in [4.78, 5) is 35.7. The van der Waals surface area contributed by atoms with Gasteiger partial charge in [0.25, 0.3) is 0 Å². The van der Waals surface area contributed by atoms with Crippen molar-refractivity contribution in [1.82, 2.24) is 14.9 Å². The van der Waals surface area contributed by atoms with E-state index in [1.807, 2.05) is 25.7 Å². The number of rotatable bonds is 6. The zero-order valence-corrected chi connectivity index (χ0v) is 18.7. The molecule has 3 heterocycles. The van der Waals surface area contributed by atoms with Gasteiger partial charge < -0.3 is 24.6 Å². The summed E-state index contributed by atoms with van der Waals surface area (Å²) in [6.07, 6.45) is 1.25. The molecule has 172 valence electrons. The zero-order chi connectivity index (χ0) is 23.3. The van der Waals surface area contributed by atoms with Gasteiger partial charge in [-0.15, -0.1) is 0 Å². The van der Waals surface area contributed by atoms with Crippen LogP contribution in [0.1, 0.15) is 26.5 Å². The van der Waals surface area contributed by atoms with Crippen molar-refractivity contribution >= 4 is 29.1 Å². The zero-order valence-electron chi connectivity index (χ0n) is 18.7. The van der Waals surface area contributed by atoms with Gasteiger partial charge in [-0.25, -0.2) is 9.78 Å². The van der Waals surface area contributed by atoms with Crippen LogP contribution in [-0.2, 0) is 16.1 Å². The van der Waals surface area contributed by atoms with Crippen molar-refractivity contribution < 1.29 is 19.2 Å². The van der Waals surface area contributed by atoms with Gasteiger partial charge in [0.1, 0.15) is 11.4 Å². The monoisotopic (exact) mass is 444 g/mol. The van der Waals surface area contributed by atoms with E-state index in [2.05, 4.69) is 15.3 Å². The van der Waals surface area contributed by atoms with Crippen molar-refractivity contribution in [2.75, 3.05) is 43.5 Å². The molecule has 1 aliphatic rings. The van der Waals surface area contributed by atoms with Crippen LogP contribution >= 0.6 is 0 Å². The molecule has 3 rings (SSSR count). The molecule has 1 fully saturated rings. The van der Waals surface area contributed by atoms with Gasteiger partial charge in [0.05, 0.1) is 17.2 Å². The van der Waals surface area contributed by atoms with E-state index in [1.165, 1.54) is 6.07 Å². The average Bonchev–Trinajstić information content (AvgIpc) is 2.73. The van der Waals surface area contributed by atoms with Gasteiger partial charge in [-0.05, 0) is 39.0 Å². The molecule has 0 atom stereocenters. The lowest BCUT2D eigenvalue weighted by molar-refractivity contribution is -0.384. The number of amides is 1. The first-order chi connectivity index (χ1) is 15.2. The van der Waals surface area contributed by atoms with Crippen molar-refractivity contribution in [3.8, 4) is 0 Å². The van der Waals surface area contributed by atoms with Crippen LogP contribution in [0.5, 0.6) is 0 Å². The number of nitro groups is 1. The van der Waals surface area contributed by atoms with Crippen LogP contribution in [-0.4, -0.2) is 64.8 Å². The van der Waals surface area contributed by atoms with Crippen molar-refractivity contribution in [3.63, 3.8) is 0 Å². The third-order valence-electron chi connectivity index (χ3n) is 4.68. The van der Waals surface area contributed by atoms with Gasteiger partial charge in [0.2, 0.25) is 5.82 Å². The van der Waals surface area contributed by atoms with Crippen LogP contribution in [0.2, 0.25) is 0 Å². The summed E-state index contributed by atoms with van der Waals surface area (Å²) in [7, 11) is 1.57. The van der Waals surface area contributed by atoms with Crippen molar-refractivity contribution in [2.24, 2.45) is 0 Å². The molecule has 1 amide bonds. The number of nitrogens with zero attached hydrogens (tertiary/aromatic N) is 5. The molecule has 32 heavy (non-hydrogen) atoms. The normalized spacial score (nSPS) is 14.2. The molecule has 0 aromatic carbocycles. The molecule has 0 bridgehead atoms. The third-order valence-corrected chi connectivity index (χ3v) is 4.68. The van der Waals surface area contributed by atoms with E-state index in [0.717, 1.165) is 0 Å².